The maximum atomic E-state index is 5.94. The summed E-state index contributed by atoms with van der Waals surface area (Å²) in [6.45, 7) is 2.94. The highest BCUT2D eigenvalue weighted by atomic mass is 35.5. The second-order valence-electron chi connectivity index (χ2n) is 4.84. The molecule has 0 aliphatic rings. The van der Waals surface area contributed by atoms with E-state index in [2.05, 4.69) is 40.4 Å². The Bertz CT molecular complexity index is 735. The lowest BCUT2D eigenvalue weighted by Gasteiger charge is -2.19. The third-order valence-corrected chi connectivity index (χ3v) is 3.71. The van der Waals surface area contributed by atoms with Crippen LogP contribution in [0.1, 0.15) is 24.2 Å². The summed E-state index contributed by atoms with van der Waals surface area (Å²) in [5.41, 5.74) is 2.13. The lowest BCUT2D eigenvalue weighted by molar-refractivity contribution is 0.619. The number of halogens is 1. The molecule has 3 aromatic rings. The van der Waals surface area contributed by atoms with Gasteiger partial charge in [-0.05, 0) is 35.7 Å². The van der Waals surface area contributed by atoms with E-state index < -0.39 is 0 Å². The van der Waals surface area contributed by atoms with Crippen molar-refractivity contribution >= 4 is 22.4 Å². The van der Waals surface area contributed by atoms with E-state index in [9.17, 15) is 0 Å². The lowest BCUT2D eigenvalue weighted by atomic mass is 9.97. The van der Waals surface area contributed by atoms with Gasteiger partial charge < -0.3 is 5.32 Å². The van der Waals surface area contributed by atoms with Crippen LogP contribution in [-0.4, -0.2) is 16.5 Å². The van der Waals surface area contributed by atoms with Crippen LogP contribution in [0.15, 0.2) is 55.0 Å². The zero-order chi connectivity index (χ0) is 14.7. The van der Waals surface area contributed by atoms with Crippen molar-refractivity contribution in [2.75, 3.05) is 6.54 Å². The Morgan fingerprint density at radius 2 is 2.05 bits per heavy atom. The van der Waals surface area contributed by atoms with Gasteiger partial charge in [0.15, 0.2) is 0 Å². The minimum absolute atomic E-state index is 0.0279. The number of pyridine rings is 2. The first-order chi connectivity index (χ1) is 10.3. The molecular formula is C17H16ClN3. The first kappa shape index (κ1) is 14.0. The molecule has 3 nitrogen and oxygen atoms in total. The molecule has 106 valence electrons. The molecule has 3 rings (SSSR count). The Morgan fingerprint density at radius 3 is 2.81 bits per heavy atom. The van der Waals surface area contributed by atoms with E-state index in [4.69, 9.17) is 11.6 Å². The van der Waals surface area contributed by atoms with Gasteiger partial charge in [-0.3, -0.25) is 9.97 Å². The third kappa shape index (κ3) is 2.89. The molecule has 0 saturated heterocycles. The van der Waals surface area contributed by atoms with Crippen molar-refractivity contribution in [2.24, 2.45) is 0 Å². The van der Waals surface area contributed by atoms with Gasteiger partial charge in [0.25, 0.3) is 0 Å². The van der Waals surface area contributed by atoms with Gasteiger partial charge >= 0.3 is 0 Å². The van der Waals surface area contributed by atoms with E-state index in [0.29, 0.717) is 5.02 Å². The Morgan fingerprint density at radius 1 is 1.14 bits per heavy atom. The fourth-order valence-electron chi connectivity index (χ4n) is 2.52. The molecule has 21 heavy (non-hydrogen) atoms. The summed E-state index contributed by atoms with van der Waals surface area (Å²) in [6.07, 6.45) is 5.41. The SMILES string of the molecule is CCNC(c1ccc(Cl)cn1)c1cccc2ccncc12. The molecule has 0 amide bonds. The second-order valence-corrected chi connectivity index (χ2v) is 5.27. The number of aromatic nitrogens is 2. The molecule has 0 aliphatic heterocycles. The summed E-state index contributed by atoms with van der Waals surface area (Å²) in [7, 11) is 0. The fraction of sp³-hybridized carbons (Fsp3) is 0.176. The molecule has 1 atom stereocenters. The lowest BCUT2D eigenvalue weighted by Crippen LogP contribution is -2.23. The van der Waals surface area contributed by atoms with E-state index >= 15 is 0 Å². The standard InChI is InChI=1S/C17H16ClN3/c1-2-20-17(16-7-6-13(18)10-21-16)14-5-3-4-12-8-9-19-11-15(12)14/h3-11,17,20H,2H2,1H3. The second kappa shape index (κ2) is 6.20. The molecule has 0 spiro atoms. The van der Waals surface area contributed by atoms with E-state index in [1.165, 1.54) is 10.9 Å². The number of hydrogen-bond acceptors (Lipinski definition) is 3. The molecule has 0 saturated carbocycles. The molecule has 0 bridgehead atoms. The summed E-state index contributed by atoms with van der Waals surface area (Å²) in [5, 5.41) is 6.46. The van der Waals surface area contributed by atoms with Crippen molar-refractivity contribution in [1.82, 2.24) is 15.3 Å². The van der Waals surface area contributed by atoms with Crippen molar-refractivity contribution in [2.45, 2.75) is 13.0 Å². The third-order valence-electron chi connectivity index (χ3n) is 3.48. The van der Waals surface area contributed by atoms with E-state index in [1.54, 1.807) is 6.20 Å². The van der Waals surface area contributed by atoms with Crippen molar-refractivity contribution in [3.8, 4) is 0 Å². The van der Waals surface area contributed by atoms with Crippen LogP contribution in [0.5, 0.6) is 0 Å². The minimum atomic E-state index is 0.0279. The Balaban J connectivity index is 2.13. The molecule has 1 N–H and O–H groups in total. The average Bonchev–Trinajstić information content (AvgIpc) is 2.53. The fourth-order valence-corrected chi connectivity index (χ4v) is 2.64. The maximum Gasteiger partial charge on any atom is 0.0757 e. The number of hydrogen-bond donors (Lipinski definition) is 1. The van der Waals surface area contributed by atoms with Crippen LogP contribution in [-0.2, 0) is 0 Å². The molecule has 2 aromatic heterocycles. The van der Waals surface area contributed by atoms with Crippen LogP contribution in [0.2, 0.25) is 5.02 Å². The largest absolute Gasteiger partial charge is 0.305 e. The van der Waals surface area contributed by atoms with Crippen LogP contribution in [0.3, 0.4) is 0 Å². The predicted octanol–water partition coefficient (Wildman–Crippen LogP) is 3.98. The number of rotatable bonds is 4. The summed E-state index contributed by atoms with van der Waals surface area (Å²) < 4.78 is 0. The first-order valence-corrected chi connectivity index (χ1v) is 7.35. The molecule has 0 fully saturated rings. The highest BCUT2D eigenvalue weighted by Crippen LogP contribution is 2.28. The number of fused-ring (bicyclic) bond motifs is 1. The number of benzene rings is 1. The monoisotopic (exact) mass is 297 g/mol. The summed E-state index contributed by atoms with van der Waals surface area (Å²) >= 11 is 5.94. The van der Waals surface area contributed by atoms with Gasteiger partial charge in [0.1, 0.15) is 0 Å². The van der Waals surface area contributed by atoms with Gasteiger partial charge in [0.05, 0.1) is 16.8 Å². The van der Waals surface area contributed by atoms with E-state index in [1.807, 2.05) is 30.6 Å². The maximum absolute atomic E-state index is 5.94. The summed E-state index contributed by atoms with van der Waals surface area (Å²) in [6, 6.07) is 12.2. The molecule has 1 unspecified atom stereocenters. The Hall–Kier alpha value is -1.97. The average molecular weight is 298 g/mol. The molecular weight excluding hydrogens is 282 g/mol. The van der Waals surface area contributed by atoms with Crippen molar-refractivity contribution in [3.05, 3.63) is 71.3 Å². The molecule has 0 aliphatic carbocycles. The van der Waals surface area contributed by atoms with Gasteiger partial charge in [0, 0.05) is 24.0 Å². The topological polar surface area (TPSA) is 37.8 Å². The van der Waals surface area contributed by atoms with Crippen molar-refractivity contribution < 1.29 is 0 Å². The molecule has 4 heteroatoms. The smallest absolute Gasteiger partial charge is 0.0757 e. The van der Waals surface area contributed by atoms with Gasteiger partial charge in [-0.25, -0.2) is 0 Å². The van der Waals surface area contributed by atoms with E-state index in [0.717, 1.165) is 17.6 Å². The van der Waals surface area contributed by atoms with Gasteiger partial charge in [-0.2, -0.15) is 0 Å². The number of nitrogens with zero attached hydrogens (tertiary/aromatic N) is 2. The summed E-state index contributed by atoms with van der Waals surface area (Å²) in [4.78, 5) is 8.72. The normalized spacial score (nSPS) is 12.5. The van der Waals surface area contributed by atoms with Crippen LogP contribution in [0, 0.1) is 0 Å². The molecule has 1 aromatic carbocycles. The van der Waals surface area contributed by atoms with Crippen LogP contribution < -0.4 is 5.32 Å². The van der Waals surface area contributed by atoms with Gasteiger partial charge in [0.2, 0.25) is 0 Å². The predicted molar refractivity (Wildman–Crippen MR) is 86.5 cm³/mol. The van der Waals surface area contributed by atoms with Gasteiger partial charge in [-0.15, -0.1) is 0 Å². The van der Waals surface area contributed by atoms with Crippen molar-refractivity contribution in [3.63, 3.8) is 0 Å². The first-order valence-electron chi connectivity index (χ1n) is 6.97. The van der Waals surface area contributed by atoms with Crippen LogP contribution in [0.4, 0.5) is 0 Å². The van der Waals surface area contributed by atoms with Crippen LogP contribution >= 0.6 is 11.6 Å². The zero-order valence-corrected chi connectivity index (χ0v) is 12.5. The number of nitrogens with one attached hydrogen (secondary N) is 1. The Kier molecular flexibility index (Phi) is 4.13. The molecule has 0 radical (unpaired) electrons. The van der Waals surface area contributed by atoms with Crippen LogP contribution in [0.25, 0.3) is 10.8 Å². The summed E-state index contributed by atoms with van der Waals surface area (Å²) in [5.74, 6) is 0. The quantitative estimate of drug-likeness (QED) is 0.791. The minimum Gasteiger partial charge on any atom is -0.305 e. The van der Waals surface area contributed by atoms with Gasteiger partial charge in [-0.1, -0.05) is 36.7 Å². The molecule has 2 heterocycles. The zero-order valence-electron chi connectivity index (χ0n) is 11.8. The van der Waals surface area contributed by atoms with Crippen molar-refractivity contribution in [1.29, 1.82) is 0 Å². The highest BCUT2D eigenvalue weighted by molar-refractivity contribution is 6.30. The van der Waals surface area contributed by atoms with E-state index in [-0.39, 0.29) is 6.04 Å². The highest BCUT2D eigenvalue weighted by Gasteiger charge is 2.16. The Labute approximate surface area is 129 Å².